The van der Waals surface area contributed by atoms with E-state index in [9.17, 15) is 4.79 Å². The largest absolute Gasteiger partial charge is 0.292 e. The van der Waals surface area contributed by atoms with Crippen LogP contribution in [-0.2, 0) is 13.0 Å². The third kappa shape index (κ3) is 2.11. The highest BCUT2D eigenvalue weighted by Crippen LogP contribution is 2.30. The van der Waals surface area contributed by atoms with Gasteiger partial charge in [-0.15, -0.1) is 11.3 Å². The molecule has 3 heterocycles. The van der Waals surface area contributed by atoms with E-state index in [1.807, 2.05) is 28.8 Å². The van der Waals surface area contributed by atoms with Crippen molar-refractivity contribution in [2.45, 2.75) is 26.3 Å². The molecule has 0 amide bonds. The number of rotatable bonds is 2. The third-order valence-electron chi connectivity index (χ3n) is 4.08. The molecule has 0 aliphatic carbocycles. The molecule has 0 atom stereocenters. The zero-order chi connectivity index (χ0) is 15.1. The van der Waals surface area contributed by atoms with Gasteiger partial charge in [-0.25, -0.2) is 4.98 Å². The first-order valence-electron chi connectivity index (χ1n) is 7.55. The zero-order valence-corrected chi connectivity index (χ0v) is 13.2. The molecule has 2 aromatic heterocycles. The van der Waals surface area contributed by atoms with Gasteiger partial charge < -0.3 is 0 Å². The minimum Gasteiger partial charge on any atom is -0.292 e. The van der Waals surface area contributed by atoms with Crippen LogP contribution in [0.3, 0.4) is 0 Å². The van der Waals surface area contributed by atoms with Crippen LogP contribution in [0.5, 0.6) is 0 Å². The van der Waals surface area contributed by atoms with Crippen LogP contribution in [0.2, 0.25) is 0 Å². The molecule has 0 unspecified atom stereocenters. The molecule has 1 aliphatic heterocycles. The number of hydrogen-bond donors (Lipinski definition) is 0. The van der Waals surface area contributed by atoms with Crippen molar-refractivity contribution in [1.82, 2.24) is 9.55 Å². The highest BCUT2D eigenvalue weighted by Gasteiger charge is 2.21. The van der Waals surface area contributed by atoms with Crippen molar-refractivity contribution in [1.29, 1.82) is 0 Å². The third-order valence-corrected chi connectivity index (χ3v) is 5.26. The van der Waals surface area contributed by atoms with Crippen LogP contribution in [0.1, 0.15) is 29.6 Å². The van der Waals surface area contributed by atoms with Gasteiger partial charge in [-0.05, 0) is 36.1 Å². The summed E-state index contributed by atoms with van der Waals surface area (Å²) >= 11 is 1.63. The Labute approximate surface area is 132 Å². The molecule has 0 saturated carbocycles. The van der Waals surface area contributed by atoms with E-state index in [-0.39, 0.29) is 5.56 Å². The lowest BCUT2D eigenvalue weighted by atomic mass is 10.1. The van der Waals surface area contributed by atoms with Gasteiger partial charge in [0.05, 0.1) is 5.39 Å². The summed E-state index contributed by atoms with van der Waals surface area (Å²) in [5.74, 6) is 0.839. The average Bonchev–Trinajstić information content (AvgIpc) is 3.14. The molecule has 1 aliphatic rings. The van der Waals surface area contributed by atoms with E-state index in [4.69, 9.17) is 4.98 Å². The molecule has 110 valence electrons. The highest BCUT2D eigenvalue weighted by molar-refractivity contribution is 7.18. The molecule has 0 spiro atoms. The normalized spacial score (nSPS) is 15.6. The van der Waals surface area contributed by atoms with Crippen molar-refractivity contribution in [2.24, 2.45) is 0 Å². The van der Waals surface area contributed by atoms with Crippen molar-refractivity contribution < 1.29 is 0 Å². The van der Waals surface area contributed by atoms with Crippen LogP contribution in [0.4, 0.5) is 0 Å². The maximum Gasteiger partial charge on any atom is 0.262 e. The van der Waals surface area contributed by atoms with E-state index in [2.05, 4.69) is 25.1 Å². The number of aromatic nitrogens is 2. The second-order valence-corrected chi connectivity index (χ2v) is 6.62. The molecule has 3 nitrogen and oxygen atoms in total. The van der Waals surface area contributed by atoms with Crippen molar-refractivity contribution in [3.05, 3.63) is 63.0 Å². The smallest absolute Gasteiger partial charge is 0.262 e. The van der Waals surface area contributed by atoms with Crippen LogP contribution >= 0.6 is 11.3 Å². The van der Waals surface area contributed by atoms with Gasteiger partial charge in [-0.3, -0.25) is 9.36 Å². The van der Waals surface area contributed by atoms with Gasteiger partial charge in [-0.1, -0.05) is 37.3 Å². The monoisotopic (exact) mass is 308 g/mol. The Kier molecular flexibility index (Phi) is 3.19. The molecule has 0 radical (unpaired) electrons. The fourth-order valence-corrected chi connectivity index (χ4v) is 3.88. The first-order valence-corrected chi connectivity index (χ1v) is 8.37. The van der Waals surface area contributed by atoms with Crippen LogP contribution < -0.4 is 5.56 Å². The molecule has 4 heteroatoms. The second kappa shape index (κ2) is 5.21. The quantitative estimate of drug-likeness (QED) is 0.718. The Morgan fingerprint density at radius 1 is 1.32 bits per heavy atom. The van der Waals surface area contributed by atoms with E-state index in [1.54, 1.807) is 11.3 Å². The van der Waals surface area contributed by atoms with Gasteiger partial charge in [0.2, 0.25) is 0 Å². The topological polar surface area (TPSA) is 34.9 Å². The molecular formula is C18H16N2OS. The van der Waals surface area contributed by atoms with Gasteiger partial charge in [0.15, 0.2) is 0 Å². The standard InChI is InChI=1S/C18H16N2OS/c1-2-14-11-15-17(22-14)19-16-13(8-9-20(16)18(15)21)10-12-6-4-3-5-7-12/h3-7,10-11H,2,8-9H2,1H3/b13-10+. The summed E-state index contributed by atoms with van der Waals surface area (Å²) < 4.78 is 1.82. The number of allylic oxidation sites excluding steroid dienone is 1. The number of hydrogen-bond acceptors (Lipinski definition) is 3. The summed E-state index contributed by atoms with van der Waals surface area (Å²) in [6.07, 6.45) is 3.96. The van der Waals surface area contributed by atoms with Gasteiger partial charge >= 0.3 is 0 Å². The summed E-state index contributed by atoms with van der Waals surface area (Å²) in [5.41, 5.74) is 2.41. The minimum atomic E-state index is 0.104. The van der Waals surface area contributed by atoms with Crippen LogP contribution in [0, 0.1) is 0 Å². The Bertz CT molecular complexity index is 935. The second-order valence-electron chi connectivity index (χ2n) is 5.51. The minimum absolute atomic E-state index is 0.104. The number of aryl methyl sites for hydroxylation is 1. The van der Waals surface area contributed by atoms with Crippen LogP contribution in [-0.4, -0.2) is 9.55 Å². The maximum absolute atomic E-state index is 12.6. The fraction of sp³-hybridized carbons (Fsp3) is 0.222. The molecule has 22 heavy (non-hydrogen) atoms. The number of nitrogens with zero attached hydrogens (tertiary/aromatic N) is 2. The van der Waals surface area contributed by atoms with Gasteiger partial charge in [0, 0.05) is 11.4 Å². The Morgan fingerprint density at radius 2 is 2.14 bits per heavy atom. The molecule has 1 aromatic carbocycles. The van der Waals surface area contributed by atoms with Crippen LogP contribution in [0.15, 0.2) is 41.2 Å². The SMILES string of the molecule is CCc1cc2c(=O)n3c(nc2s1)/C(=C/c1ccccc1)CC3. The summed E-state index contributed by atoms with van der Waals surface area (Å²) in [5, 5.41) is 0.770. The summed E-state index contributed by atoms with van der Waals surface area (Å²) in [4.78, 5) is 19.5. The van der Waals surface area contributed by atoms with Crippen LogP contribution in [0.25, 0.3) is 21.9 Å². The Balaban J connectivity index is 1.90. The molecule has 3 aromatic rings. The molecule has 4 rings (SSSR count). The van der Waals surface area contributed by atoms with Crippen molar-refractivity contribution in [3.63, 3.8) is 0 Å². The van der Waals surface area contributed by atoms with E-state index >= 15 is 0 Å². The number of benzene rings is 1. The molecule has 0 fully saturated rings. The van der Waals surface area contributed by atoms with E-state index < -0.39 is 0 Å². The lowest BCUT2D eigenvalue weighted by Gasteiger charge is -2.02. The van der Waals surface area contributed by atoms with Crippen molar-refractivity contribution in [3.8, 4) is 0 Å². The van der Waals surface area contributed by atoms with Crippen molar-refractivity contribution >= 4 is 33.2 Å². The lowest BCUT2D eigenvalue weighted by molar-refractivity contribution is 0.726. The highest BCUT2D eigenvalue weighted by atomic mass is 32.1. The molecular weight excluding hydrogens is 292 g/mol. The summed E-state index contributed by atoms with van der Waals surface area (Å²) in [6.45, 7) is 2.84. The van der Waals surface area contributed by atoms with Crippen molar-refractivity contribution in [2.75, 3.05) is 0 Å². The summed E-state index contributed by atoms with van der Waals surface area (Å²) in [6, 6.07) is 12.2. The predicted octanol–water partition coefficient (Wildman–Crippen LogP) is 3.96. The first kappa shape index (κ1) is 13.5. The Morgan fingerprint density at radius 3 is 2.91 bits per heavy atom. The number of fused-ring (bicyclic) bond motifs is 2. The van der Waals surface area contributed by atoms with Gasteiger partial charge in [0.1, 0.15) is 10.7 Å². The Hall–Kier alpha value is -2.20. The summed E-state index contributed by atoms with van der Waals surface area (Å²) in [7, 11) is 0. The average molecular weight is 308 g/mol. The van der Waals surface area contributed by atoms with E-state index in [0.717, 1.165) is 46.6 Å². The molecule has 0 saturated heterocycles. The fourth-order valence-electron chi connectivity index (χ4n) is 2.92. The zero-order valence-electron chi connectivity index (χ0n) is 12.4. The lowest BCUT2D eigenvalue weighted by Crippen LogP contribution is -2.19. The van der Waals surface area contributed by atoms with E-state index in [0.29, 0.717) is 0 Å². The molecule has 0 N–H and O–H groups in total. The molecule has 0 bridgehead atoms. The first-order chi connectivity index (χ1) is 10.8. The predicted molar refractivity (Wildman–Crippen MR) is 92.2 cm³/mol. The maximum atomic E-state index is 12.6. The van der Waals surface area contributed by atoms with Gasteiger partial charge in [-0.2, -0.15) is 0 Å². The van der Waals surface area contributed by atoms with Gasteiger partial charge in [0.25, 0.3) is 5.56 Å². The number of thiophene rings is 1. The van der Waals surface area contributed by atoms with E-state index in [1.165, 1.54) is 4.88 Å².